The molecule has 2 N–H and O–H groups in total. The Hall–Kier alpha value is -1.88. The molecule has 0 aliphatic rings. The second kappa shape index (κ2) is 8.32. The minimum Gasteiger partial charge on any atom is -0.462 e. The van der Waals surface area contributed by atoms with E-state index < -0.39 is 0 Å². The smallest absolute Gasteiger partial charge is 0.338 e. The second-order valence-electron chi connectivity index (χ2n) is 4.54. The van der Waals surface area contributed by atoms with Gasteiger partial charge in [0.15, 0.2) is 0 Å². The molecule has 0 saturated heterocycles. The van der Waals surface area contributed by atoms with Crippen LogP contribution in [0.25, 0.3) is 0 Å². The number of hydrogen-bond acceptors (Lipinski definition) is 4. The van der Waals surface area contributed by atoms with Gasteiger partial charge in [0.1, 0.15) is 0 Å². The Balaban J connectivity index is 2.48. The van der Waals surface area contributed by atoms with E-state index in [0.717, 1.165) is 6.42 Å². The Morgan fingerprint density at radius 3 is 2.40 bits per heavy atom. The highest BCUT2D eigenvalue weighted by molar-refractivity contribution is 5.94. The van der Waals surface area contributed by atoms with Crippen molar-refractivity contribution in [2.45, 2.75) is 33.2 Å². The monoisotopic (exact) mass is 278 g/mol. The third-order valence-electron chi connectivity index (χ3n) is 2.90. The predicted molar refractivity (Wildman–Crippen MR) is 78.8 cm³/mol. The summed E-state index contributed by atoms with van der Waals surface area (Å²) >= 11 is 0. The summed E-state index contributed by atoms with van der Waals surface area (Å²) < 4.78 is 4.89. The van der Waals surface area contributed by atoms with Crippen molar-refractivity contribution in [3.63, 3.8) is 0 Å². The van der Waals surface area contributed by atoms with Crippen LogP contribution in [-0.2, 0) is 9.53 Å². The maximum atomic E-state index is 11.7. The molecular weight excluding hydrogens is 256 g/mol. The molecule has 0 spiro atoms. The molecule has 1 unspecified atom stereocenters. The molecule has 0 aliphatic heterocycles. The lowest BCUT2D eigenvalue weighted by atomic mass is 10.2. The number of anilines is 1. The van der Waals surface area contributed by atoms with Gasteiger partial charge in [-0.25, -0.2) is 4.79 Å². The molecule has 5 heteroatoms. The van der Waals surface area contributed by atoms with Crippen LogP contribution in [0.15, 0.2) is 24.3 Å². The number of nitrogens with one attached hydrogen (secondary N) is 2. The third kappa shape index (κ3) is 5.40. The quantitative estimate of drug-likeness (QED) is 0.750. The van der Waals surface area contributed by atoms with Crippen molar-refractivity contribution in [1.29, 1.82) is 0 Å². The zero-order chi connectivity index (χ0) is 15.0. The van der Waals surface area contributed by atoms with Crippen LogP contribution >= 0.6 is 0 Å². The summed E-state index contributed by atoms with van der Waals surface area (Å²) in [6.45, 7) is 6.47. The Morgan fingerprint density at radius 1 is 1.20 bits per heavy atom. The van der Waals surface area contributed by atoms with Gasteiger partial charge in [0.05, 0.1) is 18.7 Å². The molecule has 0 heterocycles. The first-order valence-corrected chi connectivity index (χ1v) is 6.87. The number of ether oxygens (including phenoxy) is 1. The fourth-order valence-corrected chi connectivity index (χ4v) is 1.52. The summed E-state index contributed by atoms with van der Waals surface area (Å²) in [7, 11) is 0. The summed E-state index contributed by atoms with van der Waals surface area (Å²) in [5.74, 6) is -0.460. The molecule has 1 aromatic carbocycles. The topological polar surface area (TPSA) is 67.4 Å². The van der Waals surface area contributed by atoms with E-state index in [1.165, 1.54) is 0 Å². The molecule has 1 atom stereocenters. The predicted octanol–water partition coefficient (Wildman–Crippen LogP) is 2.19. The van der Waals surface area contributed by atoms with Gasteiger partial charge in [-0.3, -0.25) is 4.79 Å². The van der Waals surface area contributed by atoms with Crippen molar-refractivity contribution >= 4 is 17.6 Å². The highest BCUT2D eigenvalue weighted by Gasteiger charge is 2.07. The zero-order valence-corrected chi connectivity index (χ0v) is 12.2. The van der Waals surface area contributed by atoms with E-state index in [1.807, 2.05) is 6.92 Å². The normalized spacial score (nSPS) is 11.8. The number of benzene rings is 1. The van der Waals surface area contributed by atoms with Crippen LogP contribution in [0.3, 0.4) is 0 Å². The van der Waals surface area contributed by atoms with Crippen LogP contribution in [0, 0.1) is 0 Å². The van der Waals surface area contributed by atoms with E-state index in [2.05, 4.69) is 17.6 Å². The molecule has 1 rings (SSSR count). The van der Waals surface area contributed by atoms with E-state index >= 15 is 0 Å². The second-order valence-corrected chi connectivity index (χ2v) is 4.54. The van der Waals surface area contributed by atoms with Gasteiger partial charge in [-0.2, -0.15) is 0 Å². The third-order valence-corrected chi connectivity index (χ3v) is 2.90. The lowest BCUT2D eigenvalue weighted by Crippen LogP contribution is -2.33. The molecule has 1 aromatic rings. The maximum Gasteiger partial charge on any atom is 0.338 e. The Morgan fingerprint density at radius 2 is 1.85 bits per heavy atom. The molecule has 5 nitrogen and oxygen atoms in total. The molecule has 0 aromatic heterocycles. The summed E-state index contributed by atoms with van der Waals surface area (Å²) in [4.78, 5) is 23.2. The van der Waals surface area contributed by atoms with Gasteiger partial charge in [-0.05, 0) is 44.5 Å². The lowest BCUT2D eigenvalue weighted by Gasteiger charge is -2.11. The molecule has 0 saturated carbocycles. The van der Waals surface area contributed by atoms with Crippen molar-refractivity contribution < 1.29 is 14.3 Å². The highest BCUT2D eigenvalue weighted by Crippen LogP contribution is 2.10. The fourth-order valence-electron chi connectivity index (χ4n) is 1.52. The molecule has 1 amide bonds. The first kappa shape index (κ1) is 16.2. The minimum atomic E-state index is -0.358. The summed E-state index contributed by atoms with van der Waals surface area (Å²) in [6.07, 6.45) is 0.974. The van der Waals surface area contributed by atoms with Crippen molar-refractivity contribution in [2.75, 3.05) is 18.5 Å². The molecule has 110 valence electrons. The number of amides is 1. The lowest BCUT2D eigenvalue weighted by molar-refractivity contribution is -0.115. The minimum absolute atomic E-state index is 0.103. The number of esters is 1. The summed E-state index contributed by atoms with van der Waals surface area (Å²) in [5, 5.41) is 5.88. The fraction of sp³-hybridized carbons (Fsp3) is 0.467. The van der Waals surface area contributed by atoms with Gasteiger partial charge < -0.3 is 15.4 Å². The van der Waals surface area contributed by atoms with Gasteiger partial charge in [-0.1, -0.05) is 6.92 Å². The average Bonchev–Trinajstić information content (AvgIpc) is 2.45. The van der Waals surface area contributed by atoms with Gasteiger partial charge in [0, 0.05) is 11.7 Å². The van der Waals surface area contributed by atoms with Crippen molar-refractivity contribution in [1.82, 2.24) is 5.32 Å². The first-order chi connectivity index (χ1) is 9.56. The maximum absolute atomic E-state index is 11.7. The van der Waals surface area contributed by atoms with Gasteiger partial charge in [0.2, 0.25) is 5.91 Å². The molecule has 0 radical (unpaired) electrons. The molecule has 0 bridgehead atoms. The number of rotatable bonds is 7. The average molecular weight is 278 g/mol. The molecule has 20 heavy (non-hydrogen) atoms. The van der Waals surface area contributed by atoms with Crippen molar-refractivity contribution in [3.8, 4) is 0 Å². The highest BCUT2D eigenvalue weighted by atomic mass is 16.5. The van der Waals surface area contributed by atoms with Crippen LogP contribution in [0.5, 0.6) is 0 Å². The van der Waals surface area contributed by atoms with Crippen molar-refractivity contribution in [2.24, 2.45) is 0 Å². The van der Waals surface area contributed by atoms with Crippen molar-refractivity contribution in [3.05, 3.63) is 29.8 Å². The summed E-state index contributed by atoms with van der Waals surface area (Å²) in [5.41, 5.74) is 1.14. The van der Waals surface area contributed by atoms with E-state index in [0.29, 0.717) is 23.9 Å². The van der Waals surface area contributed by atoms with Gasteiger partial charge in [0.25, 0.3) is 0 Å². The van der Waals surface area contributed by atoms with Gasteiger partial charge in [-0.15, -0.1) is 0 Å². The van der Waals surface area contributed by atoms with Crippen LogP contribution in [0.2, 0.25) is 0 Å². The summed E-state index contributed by atoms with van der Waals surface area (Å²) in [6, 6.07) is 6.96. The zero-order valence-electron chi connectivity index (χ0n) is 12.2. The number of carbonyl (C=O) groups is 2. The number of hydrogen-bond donors (Lipinski definition) is 2. The van der Waals surface area contributed by atoms with Crippen LogP contribution in [-0.4, -0.2) is 31.1 Å². The first-order valence-electron chi connectivity index (χ1n) is 6.87. The molecular formula is C15H22N2O3. The largest absolute Gasteiger partial charge is 0.462 e. The Labute approximate surface area is 119 Å². The SMILES string of the molecule is CCOC(=O)c1ccc(NC(=O)CNC(C)CC)cc1. The Bertz CT molecular complexity index is 443. The van der Waals surface area contributed by atoms with Crippen LogP contribution in [0.1, 0.15) is 37.6 Å². The van der Waals surface area contributed by atoms with Crippen LogP contribution in [0.4, 0.5) is 5.69 Å². The van der Waals surface area contributed by atoms with E-state index in [1.54, 1.807) is 31.2 Å². The standard InChI is InChI=1S/C15H22N2O3/c1-4-11(3)16-10-14(18)17-13-8-6-12(7-9-13)15(19)20-5-2/h6-9,11,16H,4-5,10H2,1-3H3,(H,17,18). The van der Waals surface area contributed by atoms with Crippen LogP contribution < -0.4 is 10.6 Å². The number of carbonyl (C=O) groups excluding carboxylic acids is 2. The Kier molecular flexibility index (Phi) is 6.73. The van der Waals surface area contributed by atoms with E-state index in [9.17, 15) is 9.59 Å². The van der Waals surface area contributed by atoms with E-state index in [4.69, 9.17) is 4.74 Å². The molecule has 0 aliphatic carbocycles. The molecule has 0 fully saturated rings. The van der Waals surface area contributed by atoms with Gasteiger partial charge >= 0.3 is 5.97 Å². The van der Waals surface area contributed by atoms with E-state index in [-0.39, 0.29) is 18.4 Å².